The number of hydrogen-bond acceptors (Lipinski definition) is 0. The molecule has 9 heteroatoms. The van der Waals surface area contributed by atoms with Gasteiger partial charge in [0.2, 0.25) is 46.3 Å². The van der Waals surface area contributed by atoms with Crippen LogP contribution < -0.4 is 0 Å². The molecular weight excluding hydrogens is 760 g/mol. The van der Waals surface area contributed by atoms with Crippen LogP contribution in [0.3, 0.4) is 0 Å². The average Bonchev–Trinajstić information content (AvgIpc) is 3.06. The first-order valence-corrected chi connectivity index (χ1v) is 14.7. The van der Waals surface area contributed by atoms with Gasteiger partial charge in [-0.2, -0.15) is 0 Å². The van der Waals surface area contributed by atoms with Gasteiger partial charge < -0.3 is 19.2 Å². The van der Waals surface area contributed by atoms with Crippen LogP contribution in [0.2, 0.25) is 0 Å². The Bertz CT molecular complexity index is 1410. The summed E-state index contributed by atoms with van der Waals surface area (Å²) in [5, 5.41) is 0. The molecule has 0 aliphatic rings. The molecule has 0 saturated heterocycles. The standard InChI is InChI=1S/4C10H9O2.Eu/c4*1-8(11)7-10(12)9-5-3-2-4-6-9;/h4*2-7H,1H3;/q4*-1;+3/p+8. The van der Waals surface area contributed by atoms with Crippen molar-refractivity contribution < 1.29 is 87.7 Å². The van der Waals surface area contributed by atoms with Crippen LogP contribution in [0.15, 0.2) is 121 Å². The fourth-order valence-corrected chi connectivity index (χ4v) is 3.56. The van der Waals surface area contributed by atoms with Gasteiger partial charge in [-0.1, -0.05) is 95.1 Å². The summed E-state index contributed by atoms with van der Waals surface area (Å²) in [5.41, 5.74) is 2.80. The van der Waals surface area contributed by atoms with Crippen molar-refractivity contribution in [3.8, 4) is 0 Å². The summed E-state index contributed by atoms with van der Waals surface area (Å²) >= 11 is 0. The Morgan fingerprint density at radius 2 is 0.449 bits per heavy atom. The normalized spacial score (nSPS) is 8.90. The molecule has 4 rings (SSSR count). The van der Waals surface area contributed by atoms with Crippen molar-refractivity contribution in [2.24, 2.45) is 0 Å². The number of carbonyl (C=O) groups excluding carboxylic acids is 8. The van der Waals surface area contributed by atoms with E-state index in [9.17, 15) is 19.2 Å². The van der Waals surface area contributed by atoms with Gasteiger partial charge in [0, 0.05) is 27.7 Å². The van der Waals surface area contributed by atoms with E-state index in [1.165, 1.54) is 53.4 Å². The third kappa shape index (κ3) is 21.0. The molecule has 0 amide bonds. The van der Waals surface area contributed by atoms with Crippen LogP contribution in [0.5, 0.6) is 0 Å². The van der Waals surface area contributed by atoms with Crippen LogP contribution in [0.25, 0.3) is 0 Å². The molecule has 0 atom stereocenters. The molecule has 0 heterocycles. The Kier molecular flexibility index (Phi) is 22.9. The molecule has 4 aromatic carbocycles. The maximum Gasteiger partial charge on any atom is 3.00 e. The Hall–Kier alpha value is -4.70. The van der Waals surface area contributed by atoms with Crippen molar-refractivity contribution in [3.05, 3.63) is 169 Å². The monoisotopic (exact) mass is 805 g/mol. The molecule has 0 fully saturated rings. The predicted octanol–water partition coefficient (Wildman–Crippen LogP) is 5.39. The van der Waals surface area contributed by atoms with Crippen molar-refractivity contribution in [2.45, 2.75) is 27.7 Å². The Morgan fingerprint density at radius 3 is 0.571 bits per heavy atom. The minimum Gasteiger partial charge on any atom is -0.313 e. The molecule has 4 aromatic rings. The minimum atomic E-state index is 0. The first-order valence-electron chi connectivity index (χ1n) is 14.7. The van der Waals surface area contributed by atoms with Crippen molar-refractivity contribution >= 4 is 46.3 Å². The molecule has 0 aliphatic heterocycles. The van der Waals surface area contributed by atoms with Gasteiger partial charge >= 0.3 is 49.4 Å². The first-order chi connectivity index (χ1) is 22.8. The molecule has 8 nitrogen and oxygen atoms in total. The summed E-state index contributed by atoms with van der Waals surface area (Å²) in [5.74, 6) is 0.692. The number of hydrogen-bond donors (Lipinski definition) is 0. The third-order valence-corrected chi connectivity index (χ3v) is 5.66. The second kappa shape index (κ2) is 25.3. The SMILES string of the molecule is CC(=[OH+])[CH-]C(=[OH+])c1ccccc1.CC(=[OH+])[CH-]C(=[OH+])c1ccccc1.CC(=[OH+])[CH-]C(=[OH+])c1ccccc1.CC(=[OH+])[CH-]C(=[OH+])c1ccccc1.[Eu+3]. The fraction of sp³-hybridized carbons (Fsp3) is 0.100. The van der Waals surface area contributed by atoms with E-state index in [0.717, 1.165) is 0 Å². The molecule has 8 N–H and O–H groups in total. The van der Waals surface area contributed by atoms with E-state index in [2.05, 4.69) is 0 Å². The second-order valence-corrected chi connectivity index (χ2v) is 10.1. The minimum absolute atomic E-state index is 0. The summed E-state index contributed by atoms with van der Waals surface area (Å²) in [4.78, 5) is 72.9. The summed E-state index contributed by atoms with van der Waals surface area (Å²) in [6, 6.07) is 36.3. The van der Waals surface area contributed by atoms with Crippen molar-refractivity contribution in [2.75, 3.05) is 0 Å². The van der Waals surface area contributed by atoms with E-state index in [4.69, 9.17) is 19.2 Å². The third-order valence-electron chi connectivity index (χ3n) is 5.66. The summed E-state index contributed by atoms with van der Waals surface area (Å²) in [6.45, 7) is 6.05. The Labute approximate surface area is 328 Å². The smallest absolute Gasteiger partial charge is 0.313 e. The first kappa shape index (κ1) is 44.3. The molecule has 0 unspecified atom stereocenters. The van der Waals surface area contributed by atoms with E-state index in [-0.39, 0.29) is 95.6 Å². The van der Waals surface area contributed by atoms with Crippen LogP contribution in [-0.4, -0.2) is 84.6 Å². The molecule has 0 saturated carbocycles. The maximum absolute atomic E-state index is 9.37. The van der Waals surface area contributed by atoms with Gasteiger partial charge in [-0.3, -0.25) is 19.2 Å². The van der Waals surface area contributed by atoms with Crippen LogP contribution in [0.4, 0.5) is 0 Å². The summed E-state index contributed by atoms with van der Waals surface area (Å²) in [7, 11) is 0. The van der Waals surface area contributed by atoms with E-state index in [1.807, 2.05) is 72.8 Å². The molecule has 49 heavy (non-hydrogen) atoms. The molecule has 0 spiro atoms. The zero-order valence-electron chi connectivity index (χ0n) is 27.8. The Balaban J connectivity index is 0.000000623. The summed E-state index contributed by atoms with van der Waals surface area (Å²) in [6.07, 6.45) is 5.26. The Morgan fingerprint density at radius 1 is 0.306 bits per heavy atom. The van der Waals surface area contributed by atoms with Crippen molar-refractivity contribution in [3.63, 3.8) is 0 Å². The van der Waals surface area contributed by atoms with E-state index in [1.54, 1.807) is 48.5 Å². The zero-order chi connectivity index (χ0) is 35.9. The van der Waals surface area contributed by atoms with Gasteiger partial charge in [0.25, 0.3) is 0 Å². The molecule has 252 valence electrons. The largest absolute Gasteiger partial charge is 3.00 e. The van der Waals surface area contributed by atoms with Gasteiger partial charge in [0.1, 0.15) is 0 Å². The van der Waals surface area contributed by atoms with Gasteiger partial charge in [0.05, 0.1) is 0 Å². The van der Waals surface area contributed by atoms with Crippen molar-refractivity contribution in [1.29, 1.82) is 0 Å². The predicted molar refractivity (Wildman–Crippen MR) is 198 cm³/mol. The topological polar surface area (TPSA) is 171 Å². The quantitative estimate of drug-likeness (QED) is 0.0775. The van der Waals surface area contributed by atoms with Crippen LogP contribution in [0.1, 0.15) is 49.9 Å². The molecule has 0 aliphatic carbocycles. The van der Waals surface area contributed by atoms with E-state index < -0.39 is 0 Å². The van der Waals surface area contributed by atoms with Gasteiger partial charge in [-0.05, 0) is 25.7 Å². The zero-order valence-corrected chi connectivity index (χ0v) is 30.2. The second-order valence-electron chi connectivity index (χ2n) is 10.1. The molecule has 0 aromatic heterocycles. The van der Waals surface area contributed by atoms with Gasteiger partial charge in [-0.15, -0.1) is 48.5 Å². The van der Waals surface area contributed by atoms with Gasteiger partial charge in [0.15, 0.2) is 0 Å². The molecule has 0 bridgehead atoms. The molecule has 0 radical (unpaired) electrons. The van der Waals surface area contributed by atoms with Crippen molar-refractivity contribution in [1.82, 2.24) is 0 Å². The number of benzene rings is 4. The van der Waals surface area contributed by atoms with Crippen LogP contribution >= 0.6 is 0 Å². The van der Waals surface area contributed by atoms with E-state index in [0.29, 0.717) is 22.3 Å². The summed E-state index contributed by atoms with van der Waals surface area (Å²) < 4.78 is 0. The van der Waals surface area contributed by atoms with Crippen LogP contribution in [0, 0.1) is 75.1 Å². The van der Waals surface area contributed by atoms with Gasteiger partial charge in [-0.25, -0.2) is 0 Å². The maximum atomic E-state index is 9.37. The number of ketones is 8. The number of rotatable bonds is 12. The fourth-order valence-electron chi connectivity index (χ4n) is 3.56. The van der Waals surface area contributed by atoms with Crippen LogP contribution in [-0.2, 0) is 0 Å². The average molecular weight is 805 g/mol. The molecular formula is C40H44EuO8+7. The van der Waals surface area contributed by atoms with E-state index >= 15 is 0 Å².